The molecule has 0 unspecified atom stereocenters. The summed E-state index contributed by atoms with van der Waals surface area (Å²) in [4.78, 5) is 3.78. The zero-order valence-electron chi connectivity index (χ0n) is 16.4. The smallest absolute Gasteiger partial charge is 0.0684 e. The van der Waals surface area contributed by atoms with E-state index in [-0.39, 0.29) is 43.4 Å². The summed E-state index contributed by atoms with van der Waals surface area (Å²) in [5.41, 5.74) is 3.71. The van der Waals surface area contributed by atoms with Crippen LogP contribution in [0, 0.1) is 5.41 Å². The molecule has 0 aliphatic carbocycles. The molecule has 5 N–H and O–H groups in total. The van der Waals surface area contributed by atoms with Crippen molar-refractivity contribution in [3.63, 3.8) is 0 Å². The van der Waals surface area contributed by atoms with Crippen LogP contribution in [0.1, 0.15) is 11.1 Å². The van der Waals surface area contributed by atoms with E-state index in [0.717, 1.165) is 22.5 Å². The molecule has 0 spiro atoms. The molecule has 0 fully saturated rings. The van der Waals surface area contributed by atoms with E-state index < -0.39 is 0 Å². The molecule has 160 valence electrons. The first-order valence-electron chi connectivity index (χ1n) is 9.37. The Hall–Kier alpha value is -1.97. The molecule has 0 amide bonds. The Labute approximate surface area is 182 Å². The van der Waals surface area contributed by atoms with Gasteiger partial charge in [0.1, 0.15) is 0 Å². The van der Waals surface area contributed by atoms with Crippen LogP contribution in [0.15, 0.2) is 48.5 Å². The lowest BCUT2D eigenvalue weighted by Gasteiger charge is -2.23. The Morgan fingerprint density at radius 1 is 0.586 bits per heavy atom. The summed E-state index contributed by atoms with van der Waals surface area (Å²) in [6, 6.07) is 15.0. The van der Waals surface area contributed by atoms with Crippen LogP contribution in [0.4, 0.5) is 11.4 Å². The molecule has 0 bridgehead atoms. The van der Waals surface area contributed by atoms with Crippen molar-refractivity contribution in [3.05, 3.63) is 59.7 Å². The molecule has 0 atom stereocenters. The molecule has 29 heavy (non-hydrogen) atoms. The van der Waals surface area contributed by atoms with Crippen LogP contribution in [-0.4, -0.2) is 78.7 Å². The molecule has 0 aliphatic rings. The number of anilines is 2. The number of hydrogen-bond acceptors (Lipinski definition) is 7. The van der Waals surface area contributed by atoms with E-state index in [1.54, 1.807) is 0 Å². The summed E-state index contributed by atoms with van der Waals surface area (Å²) in [5.74, 6) is 0. The quantitative estimate of drug-likeness (QED) is 0.300. The fraction of sp³-hybridized carbons (Fsp3) is 0.381. The van der Waals surface area contributed by atoms with Gasteiger partial charge in [-0.2, -0.15) is 0 Å². The van der Waals surface area contributed by atoms with Crippen LogP contribution in [0.5, 0.6) is 0 Å². The highest BCUT2D eigenvalue weighted by Crippen LogP contribution is 2.20. The maximum absolute atomic E-state index is 9.16. The summed E-state index contributed by atoms with van der Waals surface area (Å²) in [6.45, 7) is 1.80. The van der Waals surface area contributed by atoms with Crippen molar-refractivity contribution >= 4 is 34.1 Å². The highest BCUT2D eigenvalue weighted by atomic mass is 79.9. The number of nitrogens with zero attached hydrogens (tertiary/aromatic N) is 2. The SMILES string of the molecule is Br.N=C(c1ccc(N(CCO)CCO)cc1)c1ccc(N(CCO)CCO)cc1. The van der Waals surface area contributed by atoms with Gasteiger partial charge in [-0.05, 0) is 24.3 Å². The van der Waals surface area contributed by atoms with Crippen molar-refractivity contribution < 1.29 is 20.4 Å². The normalized spacial score (nSPS) is 10.3. The van der Waals surface area contributed by atoms with Gasteiger partial charge >= 0.3 is 0 Å². The number of nitrogens with one attached hydrogen (secondary N) is 1. The molecule has 2 aromatic rings. The lowest BCUT2D eigenvalue weighted by molar-refractivity contribution is 0.280. The average molecular weight is 468 g/mol. The molecular formula is C21H30BrN3O4. The van der Waals surface area contributed by atoms with Crippen LogP contribution >= 0.6 is 17.0 Å². The number of hydrogen-bond donors (Lipinski definition) is 5. The number of aliphatic hydroxyl groups is 4. The van der Waals surface area contributed by atoms with Crippen LogP contribution in [-0.2, 0) is 0 Å². The van der Waals surface area contributed by atoms with Crippen molar-refractivity contribution in [3.8, 4) is 0 Å². The fourth-order valence-corrected chi connectivity index (χ4v) is 3.07. The average Bonchev–Trinajstić information content (AvgIpc) is 2.73. The van der Waals surface area contributed by atoms with Gasteiger partial charge in [-0.1, -0.05) is 24.3 Å². The summed E-state index contributed by atoms with van der Waals surface area (Å²) < 4.78 is 0. The highest BCUT2D eigenvalue weighted by Gasteiger charge is 2.10. The lowest BCUT2D eigenvalue weighted by atomic mass is 10.0. The van der Waals surface area contributed by atoms with E-state index in [9.17, 15) is 0 Å². The van der Waals surface area contributed by atoms with Crippen molar-refractivity contribution in [2.45, 2.75) is 0 Å². The zero-order chi connectivity index (χ0) is 20.4. The van der Waals surface area contributed by atoms with Crippen molar-refractivity contribution in [2.24, 2.45) is 0 Å². The van der Waals surface area contributed by atoms with Gasteiger partial charge in [0.25, 0.3) is 0 Å². The van der Waals surface area contributed by atoms with Crippen LogP contribution in [0.25, 0.3) is 0 Å². The standard InChI is InChI=1S/C21H29N3O4.BrH/c22-21(17-1-5-19(6-2-17)23(9-13-25)10-14-26)18-3-7-20(8-4-18)24(11-15-27)12-16-28;/h1-8,22,25-28H,9-16H2;1H. The molecule has 0 heterocycles. The van der Waals surface area contributed by atoms with Crippen molar-refractivity contribution in [1.29, 1.82) is 5.41 Å². The topological polar surface area (TPSA) is 111 Å². The number of halogens is 1. The Morgan fingerprint density at radius 2 is 0.862 bits per heavy atom. The van der Waals surface area contributed by atoms with E-state index in [1.807, 2.05) is 58.3 Å². The third kappa shape index (κ3) is 7.09. The second-order valence-corrected chi connectivity index (χ2v) is 6.34. The zero-order valence-corrected chi connectivity index (χ0v) is 18.1. The third-order valence-corrected chi connectivity index (χ3v) is 4.52. The van der Waals surface area contributed by atoms with Gasteiger partial charge < -0.3 is 30.2 Å². The number of aliphatic hydroxyl groups excluding tert-OH is 4. The lowest BCUT2D eigenvalue weighted by Crippen LogP contribution is -2.29. The minimum Gasteiger partial charge on any atom is -0.395 e. The molecular weight excluding hydrogens is 438 g/mol. The second kappa shape index (κ2) is 13.3. The summed E-state index contributed by atoms with van der Waals surface area (Å²) >= 11 is 0. The fourth-order valence-electron chi connectivity index (χ4n) is 3.07. The molecule has 0 aromatic heterocycles. The van der Waals surface area contributed by atoms with E-state index >= 15 is 0 Å². The van der Waals surface area contributed by atoms with Crippen LogP contribution in [0.2, 0.25) is 0 Å². The van der Waals surface area contributed by atoms with Gasteiger partial charge in [-0.15, -0.1) is 17.0 Å². The Bertz CT molecular complexity index is 652. The van der Waals surface area contributed by atoms with Crippen molar-refractivity contribution in [2.75, 3.05) is 62.4 Å². The number of rotatable bonds is 12. The van der Waals surface area contributed by atoms with Gasteiger partial charge in [-0.25, -0.2) is 0 Å². The van der Waals surface area contributed by atoms with Crippen LogP contribution < -0.4 is 9.80 Å². The summed E-state index contributed by atoms with van der Waals surface area (Å²) in [6.07, 6.45) is 0. The van der Waals surface area contributed by atoms with Crippen molar-refractivity contribution in [1.82, 2.24) is 0 Å². The van der Waals surface area contributed by atoms with E-state index in [1.165, 1.54) is 0 Å². The maximum atomic E-state index is 9.16. The van der Waals surface area contributed by atoms with Gasteiger partial charge in [0, 0.05) is 48.7 Å². The van der Waals surface area contributed by atoms with Gasteiger partial charge in [0.2, 0.25) is 0 Å². The van der Waals surface area contributed by atoms with Gasteiger partial charge in [-0.3, -0.25) is 5.41 Å². The first kappa shape index (κ1) is 25.1. The molecule has 2 aromatic carbocycles. The van der Waals surface area contributed by atoms with Gasteiger partial charge in [0.05, 0.1) is 32.1 Å². The first-order valence-corrected chi connectivity index (χ1v) is 9.37. The largest absolute Gasteiger partial charge is 0.395 e. The van der Waals surface area contributed by atoms with Gasteiger partial charge in [0.15, 0.2) is 0 Å². The molecule has 0 saturated carbocycles. The van der Waals surface area contributed by atoms with E-state index in [0.29, 0.717) is 31.9 Å². The minimum absolute atomic E-state index is 0. The minimum atomic E-state index is 0. The van der Waals surface area contributed by atoms with Crippen LogP contribution in [0.3, 0.4) is 0 Å². The molecule has 7 nitrogen and oxygen atoms in total. The Morgan fingerprint density at radius 3 is 1.10 bits per heavy atom. The second-order valence-electron chi connectivity index (χ2n) is 6.34. The third-order valence-electron chi connectivity index (χ3n) is 4.52. The molecule has 0 saturated heterocycles. The maximum Gasteiger partial charge on any atom is 0.0684 e. The number of benzene rings is 2. The Kier molecular flexibility index (Phi) is 11.5. The predicted molar refractivity (Wildman–Crippen MR) is 122 cm³/mol. The monoisotopic (exact) mass is 467 g/mol. The molecule has 0 aliphatic heterocycles. The molecule has 2 rings (SSSR count). The Balaban J connectivity index is 0.00000420. The molecule has 0 radical (unpaired) electrons. The summed E-state index contributed by atoms with van der Waals surface area (Å²) in [7, 11) is 0. The molecule has 8 heteroatoms. The predicted octanol–water partition coefficient (Wildman–Crippen LogP) is 1.26. The highest BCUT2D eigenvalue weighted by molar-refractivity contribution is 8.93. The van der Waals surface area contributed by atoms with E-state index in [2.05, 4.69) is 0 Å². The first-order chi connectivity index (χ1) is 13.6. The summed E-state index contributed by atoms with van der Waals surface area (Å²) in [5, 5.41) is 45.1. The van der Waals surface area contributed by atoms with E-state index in [4.69, 9.17) is 25.8 Å².